The number of ether oxygens (including phenoxy) is 1. The first kappa shape index (κ1) is 25.5. The number of amides is 1. The van der Waals surface area contributed by atoms with Crippen LogP contribution < -0.4 is 14.4 Å². The lowest BCUT2D eigenvalue weighted by Crippen LogP contribution is -2.30. The van der Waals surface area contributed by atoms with Crippen molar-refractivity contribution < 1.29 is 22.4 Å². The molecule has 38 heavy (non-hydrogen) atoms. The van der Waals surface area contributed by atoms with Crippen LogP contribution in [0.4, 0.5) is 10.8 Å². The third kappa shape index (κ3) is 5.13. The average Bonchev–Trinajstić information content (AvgIpc) is 3.60. The first-order chi connectivity index (χ1) is 18.2. The van der Waals surface area contributed by atoms with Crippen LogP contribution in [0.15, 0.2) is 88.4 Å². The molecule has 5 rings (SSSR count). The maximum Gasteiger partial charge on any atom is 0.261 e. The molecule has 0 saturated carbocycles. The number of carbonyl (C=O) groups is 1. The average molecular weight is 548 g/mol. The van der Waals surface area contributed by atoms with E-state index in [1.54, 1.807) is 59.7 Å². The SMILES string of the molecule is COc1ccc(S(=O)(=O)Nc2ccc(C(=O)N(Cc3ccco3)c3nc4c(C)c(C)ccc4s3)cc2)cc1. The Morgan fingerprint density at radius 3 is 2.42 bits per heavy atom. The van der Waals surface area contributed by atoms with Gasteiger partial charge in [0.05, 0.1) is 35.0 Å². The van der Waals surface area contributed by atoms with Crippen molar-refractivity contribution >= 4 is 48.3 Å². The molecule has 2 aromatic heterocycles. The largest absolute Gasteiger partial charge is 0.497 e. The number of aromatic nitrogens is 1. The van der Waals surface area contributed by atoms with Gasteiger partial charge in [0.15, 0.2) is 5.13 Å². The summed E-state index contributed by atoms with van der Waals surface area (Å²) in [5.41, 5.74) is 3.79. The zero-order chi connectivity index (χ0) is 26.9. The van der Waals surface area contributed by atoms with E-state index in [-0.39, 0.29) is 17.3 Å². The van der Waals surface area contributed by atoms with E-state index in [1.807, 2.05) is 26.0 Å². The summed E-state index contributed by atoms with van der Waals surface area (Å²) in [7, 11) is -2.30. The molecule has 0 bridgehead atoms. The number of furan rings is 1. The number of nitrogens with one attached hydrogen (secondary N) is 1. The Morgan fingerprint density at radius 1 is 1.03 bits per heavy atom. The minimum atomic E-state index is -3.81. The molecule has 0 radical (unpaired) electrons. The number of nitrogens with zero attached hydrogens (tertiary/aromatic N) is 2. The second-order valence-electron chi connectivity index (χ2n) is 8.68. The lowest BCUT2D eigenvalue weighted by molar-refractivity contribution is 0.0983. The standard InChI is InChI=1S/C28H25N3O5S2/c1-18-6-15-25-26(19(18)2)29-28(37-25)31(17-23-5-4-16-36-23)27(32)20-7-9-21(10-8-20)30-38(33,34)24-13-11-22(35-3)12-14-24/h4-16,30H,17H2,1-3H3. The first-order valence-electron chi connectivity index (χ1n) is 11.7. The van der Waals surface area contributed by atoms with Crippen LogP contribution >= 0.6 is 11.3 Å². The van der Waals surface area contributed by atoms with Gasteiger partial charge in [0.1, 0.15) is 11.5 Å². The highest BCUT2D eigenvalue weighted by atomic mass is 32.2. The molecule has 0 unspecified atom stereocenters. The highest BCUT2D eigenvalue weighted by Gasteiger charge is 2.24. The number of benzene rings is 3. The molecule has 5 aromatic rings. The van der Waals surface area contributed by atoms with Crippen LogP contribution in [0.1, 0.15) is 27.2 Å². The molecule has 1 amide bonds. The van der Waals surface area contributed by atoms with Gasteiger partial charge in [0.25, 0.3) is 15.9 Å². The number of aryl methyl sites for hydroxylation is 2. The maximum absolute atomic E-state index is 13.7. The van der Waals surface area contributed by atoms with Gasteiger partial charge in [-0.2, -0.15) is 0 Å². The second-order valence-corrected chi connectivity index (χ2v) is 11.4. The van der Waals surface area contributed by atoms with Gasteiger partial charge in [-0.25, -0.2) is 13.4 Å². The van der Waals surface area contributed by atoms with Crippen molar-refractivity contribution in [2.24, 2.45) is 0 Å². The van der Waals surface area contributed by atoms with E-state index in [4.69, 9.17) is 14.1 Å². The molecule has 1 N–H and O–H groups in total. The van der Waals surface area contributed by atoms with Crippen LogP contribution in [-0.2, 0) is 16.6 Å². The van der Waals surface area contributed by atoms with Crippen LogP contribution in [0.5, 0.6) is 5.75 Å². The van der Waals surface area contributed by atoms with Crippen molar-refractivity contribution in [1.82, 2.24) is 4.98 Å². The molecular weight excluding hydrogens is 522 g/mol. The smallest absolute Gasteiger partial charge is 0.261 e. The molecular formula is C28H25N3O5S2. The van der Waals surface area contributed by atoms with Crippen molar-refractivity contribution in [2.45, 2.75) is 25.3 Å². The summed E-state index contributed by atoms with van der Waals surface area (Å²) >= 11 is 1.44. The number of fused-ring (bicyclic) bond motifs is 1. The van der Waals surface area contributed by atoms with Gasteiger partial charge in [-0.05, 0) is 91.7 Å². The number of hydrogen-bond donors (Lipinski definition) is 1. The molecule has 0 atom stereocenters. The fourth-order valence-electron chi connectivity index (χ4n) is 3.92. The van der Waals surface area contributed by atoms with Gasteiger partial charge in [-0.1, -0.05) is 17.4 Å². The minimum Gasteiger partial charge on any atom is -0.497 e. The number of sulfonamides is 1. The molecule has 3 aromatic carbocycles. The molecule has 8 nitrogen and oxygen atoms in total. The highest BCUT2D eigenvalue weighted by Crippen LogP contribution is 2.33. The number of methoxy groups -OCH3 is 1. The van der Waals surface area contributed by atoms with E-state index in [1.165, 1.54) is 30.6 Å². The maximum atomic E-state index is 13.7. The Hall–Kier alpha value is -4.15. The van der Waals surface area contributed by atoms with Crippen LogP contribution in [0.3, 0.4) is 0 Å². The van der Waals surface area contributed by atoms with Gasteiger partial charge in [0.2, 0.25) is 0 Å². The third-order valence-corrected chi connectivity index (χ3v) is 8.64. The number of anilines is 2. The summed E-state index contributed by atoms with van der Waals surface area (Å²) in [4.78, 5) is 20.2. The van der Waals surface area contributed by atoms with Crippen molar-refractivity contribution in [3.8, 4) is 5.75 Å². The Bertz CT molecular complexity index is 1690. The summed E-state index contributed by atoms with van der Waals surface area (Å²) in [5, 5.41) is 0.555. The van der Waals surface area contributed by atoms with E-state index in [0.717, 1.165) is 21.3 Å². The predicted octanol–water partition coefficient (Wildman–Crippen LogP) is 6.16. The molecule has 2 heterocycles. The summed E-state index contributed by atoms with van der Waals surface area (Å²) < 4.78 is 39.7. The molecule has 194 valence electrons. The lowest BCUT2D eigenvalue weighted by Gasteiger charge is -2.19. The molecule has 0 aliphatic carbocycles. The van der Waals surface area contributed by atoms with Gasteiger partial charge >= 0.3 is 0 Å². The Kier molecular flexibility index (Phi) is 6.92. The summed E-state index contributed by atoms with van der Waals surface area (Å²) in [6, 6.07) is 20.0. The van der Waals surface area contributed by atoms with Crippen LogP contribution in [0.2, 0.25) is 0 Å². The molecule has 0 aliphatic heterocycles. The fourth-order valence-corrected chi connectivity index (χ4v) is 6.00. The quantitative estimate of drug-likeness (QED) is 0.250. The van der Waals surface area contributed by atoms with Gasteiger partial charge < -0.3 is 9.15 Å². The minimum absolute atomic E-state index is 0.101. The van der Waals surface area contributed by atoms with E-state index in [9.17, 15) is 13.2 Å². The molecule has 0 spiro atoms. The van der Waals surface area contributed by atoms with E-state index >= 15 is 0 Å². The normalized spacial score (nSPS) is 11.4. The van der Waals surface area contributed by atoms with Crippen LogP contribution in [-0.4, -0.2) is 26.4 Å². The summed E-state index contributed by atoms with van der Waals surface area (Å²) in [5.74, 6) is 0.901. The summed E-state index contributed by atoms with van der Waals surface area (Å²) in [6.45, 7) is 4.26. The van der Waals surface area contributed by atoms with Gasteiger partial charge in [0, 0.05) is 11.3 Å². The van der Waals surface area contributed by atoms with Crippen molar-refractivity contribution in [2.75, 3.05) is 16.7 Å². The topological polar surface area (TPSA) is 102 Å². The highest BCUT2D eigenvalue weighted by molar-refractivity contribution is 7.92. The Morgan fingerprint density at radius 2 is 1.76 bits per heavy atom. The molecule has 10 heteroatoms. The van der Waals surface area contributed by atoms with Gasteiger partial charge in [-0.3, -0.25) is 14.4 Å². The Labute approximate surface area is 224 Å². The monoisotopic (exact) mass is 547 g/mol. The van der Waals surface area contributed by atoms with E-state index in [0.29, 0.717) is 27.9 Å². The second kappa shape index (κ2) is 10.3. The van der Waals surface area contributed by atoms with Crippen LogP contribution in [0, 0.1) is 13.8 Å². The lowest BCUT2D eigenvalue weighted by atomic mass is 10.1. The Balaban J connectivity index is 1.42. The summed E-state index contributed by atoms with van der Waals surface area (Å²) in [6.07, 6.45) is 1.56. The molecule has 0 fully saturated rings. The zero-order valence-electron chi connectivity index (χ0n) is 21.0. The first-order valence-corrected chi connectivity index (χ1v) is 14.0. The number of carbonyl (C=O) groups excluding carboxylic acids is 1. The van der Waals surface area contributed by atoms with Crippen molar-refractivity contribution in [3.05, 3.63) is 102 Å². The van der Waals surface area contributed by atoms with E-state index in [2.05, 4.69) is 4.72 Å². The van der Waals surface area contributed by atoms with Gasteiger partial charge in [-0.15, -0.1) is 0 Å². The zero-order valence-corrected chi connectivity index (χ0v) is 22.6. The van der Waals surface area contributed by atoms with Crippen molar-refractivity contribution in [3.63, 3.8) is 0 Å². The molecule has 0 aliphatic rings. The molecule has 0 saturated heterocycles. The number of thiazole rings is 1. The fraction of sp³-hybridized carbons (Fsp3) is 0.143. The van der Waals surface area contributed by atoms with E-state index < -0.39 is 10.0 Å². The van der Waals surface area contributed by atoms with Crippen molar-refractivity contribution in [1.29, 1.82) is 0 Å². The number of hydrogen-bond acceptors (Lipinski definition) is 7. The number of rotatable bonds is 8. The third-order valence-electron chi connectivity index (χ3n) is 6.20. The van der Waals surface area contributed by atoms with Crippen LogP contribution in [0.25, 0.3) is 10.2 Å². The predicted molar refractivity (Wildman–Crippen MR) is 149 cm³/mol.